The van der Waals surface area contributed by atoms with Crippen molar-refractivity contribution in [2.45, 2.75) is 90.1 Å². The Bertz CT molecular complexity index is 2460. The van der Waals surface area contributed by atoms with Crippen LogP contribution in [-0.4, -0.2) is 105 Å². The number of alkyl carbamates (subject to hydrolysis) is 2. The van der Waals surface area contributed by atoms with E-state index in [4.69, 9.17) is 24.2 Å². The number of likely N-dealkylation sites (tertiary alicyclic amines) is 1. The molecule has 0 spiro atoms. The number of rotatable bonds is 8. The second-order valence-electron chi connectivity index (χ2n) is 17.1. The van der Waals surface area contributed by atoms with Crippen molar-refractivity contribution >= 4 is 45.8 Å². The second-order valence-corrected chi connectivity index (χ2v) is 17.1. The molecule has 15 heteroatoms. The van der Waals surface area contributed by atoms with Gasteiger partial charge in [0.1, 0.15) is 23.7 Å². The Morgan fingerprint density at radius 2 is 1.71 bits per heavy atom. The Hall–Kier alpha value is -6.22. The number of imidazole rings is 2. The number of H-pyrrole nitrogens is 2. The number of aromatic nitrogens is 4. The van der Waals surface area contributed by atoms with Crippen LogP contribution in [0.15, 0.2) is 72.9 Å². The molecule has 2 bridgehead atoms. The number of hydrogen-bond acceptors (Lipinski definition) is 9. The summed E-state index contributed by atoms with van der Waals surface area (Å²) in [6, 6.07) is 16.7. The number of carbonyl (C=O) groups is 4. The molecule has 62 heavy (non-hydrogen) atoms. The lowest BCUT2D eigenvalue weighted by atomic mass is 9.99. The van der Waals surface area contributed by atoms with Crippen LogP contribution in [0, 0.1) is 11.8 Å². The zero-order valence-corrected chi connectivity index (χ0v) is 36.0. The molecule has 326 valence electrons. The number of nitrogens with zero attached hydrogens (tertiary/aromatic N) is 4. The maximum absolute atomic E-state index is 14.1. The van der Waals surface area contributed by atoms with Crippen LogP contribution in [0.5, 0.6) is 0 Å². The van der Waals surface area contributed by atoms with Gasteiger partial charge in [0.25, 0.3) is 0 Å². The highest BCUT2D eigenvalue weighted by Gasteiger charge is 2.42. The maximum Gasteiger partial charge on any atom is 0.407 e. The number of ether oxygens (including phenoxy) is 3. The van der Waals surface area contributed by atoms with Gasteiger partial charge in [0.2, 0.25) is 11.8 Å². The number of benzene rings is 3. The molecule has 0 radical (unpaired) electrons. The molecule has 2 saturated heterocycles. The van der Waals surface area contributed by atoms with Gasteiger partial charge in [0.05, 0.1) is 61.4 Å². The number of fused-ring (bicyclic) bond motifs is 5. The normalized spacial score (nSPS) is 22.4. The number of nitrogens with one attached hydrogen (secondary N) is 4. The van der Waals surface area contributed by atoms with Gasteiger partial charge in [-0.05, 0) is 71.7 Å². The fourth-order valence-corrected chi connectivity index (χ4v) is 8.87. The minimum Gasteiger partial charge on any atom is -0.453 e. The van der Waals surface area contributed by atoms with E-state index >= 15 is 0 Å². The fourth-order valence-electron chi connectivity index (χ4n) is 8.87. The van der Waals surface area contributed by atoms with Gasteiger partial charge in [0.15, 0.2) is 0 Å². The summed E-state index contributed by atoms with van der Waals surface area (Å²) in [4.78, 5) is 72.9. The summed E-state index contributed by atoms with van der Waals surface area (Å²) < 4.78 is 16.4. The van der Waals surface area contributed by atoms with Gasteiger partial charge in [-0.3, -0.25) is 9.59 Å². The zero-order valence-electron chi connectivity index (χ0n) is 36.0. The molecule has 5 aromatic rings. The van der Waals surface area contributed by atoms with E-state index in [1.54, 1.807) is 11.1 Å². The quantitative estimate of drug-likeness (QED) is 0.114. The molecule has 8 rings (SSSR count). The fraction of sp³-hybridized carbons (Fsp3) is 0.447. The third kappa shape index (κ3) is 8.89. The van der Waals surface area contributed by atoms with E-state index in [1.165, 1.54) is 7.11 Å². The molecule has 2 aromatic heterocycles. The van der Waals surface area contributed by atoms with Crippen molar-refractivity contribution in [3.8, 4) is 22.4 Å². The van der Waals surface area contributed by atoms with Crippen LogP contribution < -0.4 is 10.6 Å². The highest BCUT2D eigenvalue weighted by Crippen LogP contribution is 2.37. The molecule has 5 atom stereocenters. The molecule has 0 saturated carbocycles. The third-order valence-corrected chi connectivity index (χ3v) is 12.3. The number of methoxy groups -OCH3 is 1. The molecule has 0 aliphatic carbocycles. The van der Waals surface area contributed by atoms with E-state index < -0.39 is 24.3 Å². The van der Waals surface area contributed by atoms with Crippen molar-refractivity contribution in [1.29, 1.82) is 0 Å². The van der Waals surface area contributed by atoms with Crippen LogP contribution in [0.1, 0.15) is 83.5 Å². The minimum atomic E-state index is -0.756. The van der Waals surface area contributed by atoms with Gasteiger partial charge >= 0.3 is 12.2 Å². The van der Waals surface area contributed by atoms with E-state index in [0.717, 1.165) is 69.3 Å². The predicted molar refractivity (Wildman–Crippen MR) is 235 cm³/mol. The third-order valence-electron chi connectivity index (χ3n) is 12.3. The first kappa shape index (κ1) is 42.5. The molecule has 3 aliphatic rings. The Morgan fingerprint density at radius 1 is 0.919 bits per heavy atom. The molecule has 15 nitrogen and oxygen atoms in total. The van der Waals surface area contributed by atoms with Crippen molar-refractivity contribution in [1.82, 2.24) is 40.4 Å². The first-order chi connectivity index (χ1) is 30.0. The molecule has 4 N–H and O–H groups in total. The van der Waals surface area contributed by atoms with Crippen LogP contribution in [0.2, 0.25) is 0 Å². The molecule has 4 amide bonds. The monoisotopic (exact) mass is 844 g/mol. The molecule has 5 heterocycles. The van der Waals surface area contributed by atoms with E-state index in [-0.39, 0.29) is 48.4 Å². The van der Waals surface area contributed by atoms with Crippen LogP contribution >= 0.6 is 0 Å². The molecule has 2 fully saturated rings. The molecular weight excluding hydrogens is 789 g/mol. The Balaban J connectivity index is 0.993. The lowest BCUT2D eigenvalue weighted by molar-refractivity contribution is -0.136. The summed E-state index contributed by atoms with van der Waals surface area (Å²) in [5, 5.41) is 7.58. The summed E-state index contributed by atoms with van der Waals surface area (Å²) in [6.07, 6.45) is 8.04. The highest BCUT2D eigenvalue weighted by atomic mass is 16.5. The number of allylic oxidation sites excluding steroid dienone is 1. The van der Waals surface area contributed by atoms with Gasteiger partial charge in [-0.15, -0.1) is 0 Å². The number of aromatic amines is 2. The number of hydrogen-bond donors (Lipinski definition) is 4. The molecule has 0 unspecified atom stereocenters. The topological polar surface area (TPSA) is 184 Å². The van der Waals surface area contributed by atoms with Crippen LogP contribution in [0.25, 0.3) is 44.2 Å². The van der Waals surface area contributed by atoms with Crippen molar-refractivity contribution < 1.29 is 33.4 Å². The summed E-state index contributed by atoms with van der Waals surface area (Å²) in [5.74, 6) is 0.790. The summed E-state index contributed by atoms with van der Waals surface area (Å²) in [6.45, 7) is 9.32. The zero-order chi connectivity index (χ0) is 43.5. The van der Waals surface area contributed by atoms with Crippen molar-refractivity contribution in [3.63, 3.8) is 0 Å². The van der Waals surface area contributed by atoms with Gasteiger partial charge in [0, 0.05) is 24.9 Å². The number of amides is 4. The number of carbonyl (C=O) groups excluding carboxylic acids is 4. The van der Waals surface area contributed by atoms with Gasteiger partial charge in [-0.1, -0.05) is 82.3 Å². The standard InChI is InChI=1S/C47H56N8O7/c1-27(2)39(52-46(58)60-5)44(56)54-20-10-11-37(54)43-49-35-19-17-32-23-31(16-18-34(32)41(35)51-43)29-12-14-30(15-13-29)36-25-48-42(50-36)38-24-33-26-55(38)45(57)40(28(3)4)53-47(59)62-22-9-7-6-8-21-61-33/h6,8,12-19,23,25,27-28,33,37-40H,7,9-11,20-22,24,26H2,1-5H3,(H,48,50)(H,49,51)(H,52,58)(H,53,59)/b8-6+/t33-,37+,38+,39+,40+/m1/s1. The van der Waals surface area contributed by atoms with Crippen molar-refractivity contribution in [2.75, 3.05) is 33.4 Å². The summed E-state index contributed by atoms with van der Waals surface area (Å²) in [7, 11) is 1.29. The smallest absolute Gasteiger partial charge is 0.407 e. The van der Waals surface area contributed by atoms with Crippen molar-refractivity contribution in [3.05, 3.63) is 84.6 Å². The Labute approximate surface area is 361 Å². The Morgan fingerprint density at radius 3 is 2.48 bits per heavy atom. The predicted octanol–water partition coefficient (Wildman–Crippen LogP) is 7.58. The molecular formula is C47H56N8O7. The van der Waals surface area contributed by atoms with Crippen molar-refractivity contribution in [2.24, 2.45) is 11.8 Å². The first-order valence-electron chi connectivity index (χ1n) is 21.7. The molecule has 3 aliphatic heterocycles. The van der Waals surface area contributed by atoms with Crippen LogP contribution in [0.4, 0.5) is 9.59 Å². The second kappa shape index (κ2) is 18.4. The van der Waals surface area contributed by atoms with E-state index in [1.807, 2.05) is 50.8 Å². The van der Waals surface area contributed by atoms with E-state index in [9.17, 15) is 19.2 Å². The van der Waals surface area contributed by atoms with Crippen LogP contribution in [-0.2, 0) is 23.8 Å². The van der Waals surface area contributed by atoms with Gasteiger partial charge in [-0.25, -0.2) is 19.6 Å². The molecule has 3 aromatic carbocycles. The number of cyclic esters (lactones) is 1. The SMILES string of the molecule is COC(=O)N[C@H](C(=O)N1CCC[C@H]1c1nc2c(ccc3cc(-c4ccc(-c5cnc([C@@H]6C[C@@H]7CN6C(=O)[C@H](C(C)C)NC(=O)OCCC/C=C/CO7)[nH]5)cc4)ccc32)[nH]1)C(C)C. The van der Waals surface area contributed by atoms with E-state index in [2.05, 4.69) is 69.1 Å². The summed E-state index contributed by atoms with van der Waals surface area (Å²) >= 11 is 0. The average Bonchev–Trinajstić information content (AvgIpc) is 4.10. The lowest BCUT2D eigenvalue weighted by Crippen LogP contribution is -2.51. The van der Waals surface area contributed by atoms with Crippen LogP contribution in [0.3, 0.4) is 0 Å². The van der Waals surface area contributed by atoms with Gasteiger partial charge in [-0.2, -0.15) is 0 Å². The lowest BCUT2D eigenvalue weighted by Gasteiger charge is -2.30. The van der Waals surface area contributed by atoms with E-state index in [0.29, 0.717) is 38.4 Å². The summed E-state index contributed by atoms with van der Waals surface area (Å²) in [5.41, 5.74) is 5.62. The highest BCUT2D eigenvalue weighted by molar-refractivity contribution is 6.05. The van der Waals surface area contributed by atoms with Gasteiger partial charge < -0.3 is 44.6 Å². The average molecular weight is 845 g/mol. The largest absolute Gasteiger partial charge is 0.453 e. The Kier molecular flexibility index (Phi) is 12.6. The minimum absolute atomic E-state index is 0.116. The first-order valence-corrected chi connectivity index (χ1v) is 21.7. The maximum atomic E-state index is 14.1.